The standard InChI is InChI=1S/C20H27N5O/c1-6-24(5)19-16-12-25(11-10-18(16)21-15(4)22-19)20(26)23-17-9-7-8-13(2)14(17)3/h7-9H,6,10-12H2,1-5H3,(H,23,26). The first kappa shape index (κ1) is 18.2. The number of carbonyl (C=O) groups is 1. The van der Waals surface area contributed by atoms with E-state index in [2.05, 4.69) is 40.1 Å². The molecule has 2 amide bonds. The number of nitrogens with one attached hydrogen (secondary N) is 1. The zero-order valence-corrected chi connectivity index (χ0v) is 16.3. The molecule has 1 aromatic heterocycles. The Kier molecular flexibility index (Phi) is 5.11. The molecule has 2 heterocycles. The van der Waals surface area contributed by atoms with Crippen molar-refractivity contribution in [3.8, 4) is 0 Å². The van der Waals surface area contributed by atoms with Gasteiger partial charge in [-0.3, -0.25) is 0 Å². The number of amides is 2. The summed E-state index contributed by atoms with van der Waals surface area (Å²) < 4.78 is 0. The number of nitrogens with zero attached hydrogens (tertiary/aromatic N) is 4. The number of urea groups is 1. The topological polar surface area (TPSA) is 61.4 Å². The Morgan fingerprint density at radius 3 is 2.77 bits per heavy atom. The molecule has 1 aliphatic rings. The molecule has 0 fully saturated rings. The Morgan fingerprint density at radius 1 is 1.27 bits per heavy atom. The van der Waals surface area contributed by atoms with Gasteiger partial charge < -0.3 is 15.1 Å². The van der Waals surface area contributed by atoms with E-state index in [0.29, 0.717) is 13.1 Å². The van der Waals surface area contributed by atoms with Gasteiger partial charge in [0, 0.05) is 37.8 Å². The summed E-state index contributed by atoms with van der Waals surface area (Å²) >= 11 is 0. The van der Waals surface area contributed by atoms with Crippen LogP contribution in [0.3, 0.4) is 0 Å². The fraction of sp³-hybridized carbons (Fsp3) is 0.450. The summed E-state index contributed by atoms with van der Waals surface area (Å²) in [5, 5.41) is 3.06. The van der Waals surface area contributed by atoms with Gasteiger partial charge >= 0.3 is 6.03 Å². The largest absolute Gasteiger partial charge is 0.360 e. The van der Waals surface area contributed by atoms with E-state index in [1.807, 2.05) is 37.9 Å². The van der Waals surface area contributed by atoms with Crippen LogP contribution in [0.15, 0.2) is 18.2 Å². The number of anilines is 2. The number of carbonyl (C=O) groups excluding carboxylic acids is 1. The lowest BCUT2D eigenvalue weighted by atomic mass is 10.1. The molecule has 6 heteroatoms. The number of fused-ring (bicyclic) bond motifs is 1. The number of hydrogen-bond acceptors (Lipinski definition) is 4. The van der Waals surface area contributed by atoms with Crippen molar-refractivity contribution in [3.05, 3.63) is 46.4 Å². The van der Waals surface area contributed by atoms with Gasteiger partial charge in [0.2, 0.25) is 0 Å². The average Bonchev–Trinajstić information content (AvgIpc) is 2.63. The lowest BCUT2D eigenvalue weighted by Crippen LogP contribution is -2.40. The summed E-state index contributed by atoms with van der Waals surface area (Å²) in [6.07, 6.45) is 0.753. The van der Waals surface area contributed by atoms with Crippen LogP contribution >= 0.6 is 0 Å². The number of benzene rings is 1. The van der Waals surface area contributed by atoms with Crippen LogP contribution in [-0.2, 0) is 13.0 Å². The van der Waals surface area contributed by atoms with Crippen molar-refractivity contribution < 1.29 is 4.79 Å². The molecule has 0 radical (unpaired) electrons. The zero-order chi connectivity index (χ0) is 18.8. The Bertz CT molecular complexity index is 833. The second kappa shape index (κ2) is 7.32. The van der Waals surface area contributed by atoms with Crippen molar-refractivity contribution in [2.45, 2.75) is 40.7 Å². The molecule has 0 bridgehead atoms. The predicted octanol–water partition coefficient (Wildman–Crippen LogP) is 3.45. The van der Waals surface area contributed by atoms with Gasteiger partial charge in [-0.15, -0.1) is 0 Å². The van der Waals surface area contributed by atoms with E-state index in [1.165, 1.54) is 5.56 Å². The monoisotopic (exact) mass is 353 g/mol. The highest BCUT2D eigenvalue weighted by molar-refractivity contribution is 5.90. The first-order valence-corrected chi connectivity index (χ1v) is 9.10. The molecule has 0 aliphatic carbocycles. The van der Waals surface area contributed by atoms with Crippen molar-refractivity contribution in [2.75, 3.05) is 30.4 Å². The molecular weight excluding hydrogens is 326 g/mol. The average molecular weight is 353 g/mol. The van der Waals surface area contributed by atoms with Gasteiger partial charge in [0.25, 0.3) is 0 Å². The molecule has 0 saturated heterocycles. The number of aryl methyl sites for hydroxylation is 2. The van der Waals surface area contributed by atoms with Crippen molar-refractivity contribution in [1.29, 1.82) is 0 Å². The van der Waals surface area contributed by atoms with Gasteiger partial charge in [-0.2, -0.15) is 0 Å². The molecule has 0 atom stereocenters. The normalized spacial score (nSPS) is 13.3. The smallest absolute Gasteiger partial charge is 0.322 e. The number of rotatable bonds is 3. The molecule has 1 aromatic carbocycles. The van der Waals surface area contributed by atoms with E-state index >= 15 is 0 Å². The molecule has 1 aliphatic heterocycles. The van der Waals surface area contributed by atoms with E-state index in [0.717, 1.165) is 47.1 Å². The van der Waals surface area contributed by atoms with Crippen LogP contribution in [0.1, 0.15) is 35.1 Å². The van der Waals surface area contributed by atoms with Crippen molar-refractivity contribution >= 4 is 17.5 Å². The van der Waals surface area contributed by atoms with Gasteiger partial charge in [0.05, 0.1) is 12.2 Å². The molecule has 0 spiro atoms. The Labute approximate surface area is 155 Å². The minimum Gasteiger partial charge on any atom is -0.360 e. The van der Waals surface area contributed by atoms with Gasteiger partial charge in [-0.25, -0.2) is 14.8 Å². The minimum absolute atomic E-state index is 0.0740. The Morgan fingerprint density at radius 2 is 2.04 bits per heavy atom. The SMILES string of the molecule is CCN(C)c1nc(C)nc2c1CN(C(=O)Nc1cccc(C)c1C)CC2. The Balaban J connectivity index is 1.83. The summed E-state index contributed by atoms with van der Waals surface area (Å²) in [5.74, 6) is 1.71. The predicted molar refractivity (Wildman–Crippen MR) is 105 cm³/mol. The first-order chi connectivity index (χ1) is 12.4. The van der Waals surface area contributed by atoms with Crippen LogP contribution in [0.25, 0.3) is 0 Å². The molecule has 138 valence electrons. The van der Waals surface area contributed by atoms with Crippen molar-refractivity contribution in [2.24, 2.45) is 0 Å². The van der Waals surface area contributed by atoms with Gasteiger partial charge in [-0.1, -0.05) is 12.1 Å². The van der Waals surface area contributed by atoms with Crippen LogP contribution < -0.4 is 10.2 Å². The van der Waals surface area contributed by atoms with E-state index < -0.39 is 0 Å². The molecule has 6 nitrogen and oxygen atoms in total. The molecule has 1 N–H and O–H groups in total. The second-order valence-corrected chi connectivity index (χ2v) is 6.88. The fourth-order valence-electron chi connectivity index (χ4n) is 3.24. The van der Waals surface area contributed by atoms with E-state index in [-0.39, 0.29) is 6.03 Å². The minimum atomic E-state index is -0.0740. The summed E-state index contributed by atoms with van der Waals surface area (Å²) in [6.45, 7) is 10.2. The fourth-order valence-corrected chi connectivity index (χ4v) is 3.24. The molecule has 2 aromatic rings. The van der Waals surface area contributed by atoms with Gasteiger partial charge in [-0.05, 0) is 44.9 Å². The number of aromatic nitrogens is 2. The maximum absolute atomic E-state index is 12.8. The van der Waals surface area contributed by atoms with Crippen molar-refractivity contribution in [1.82, 2.24) is 14.9 Å². The lowest BCUT2D eigenvalue weighted by molar-refractivity contribution is 0.206. The van der Waals surface area contributed by atoms with Crippen LogP contribution in [0.2, 0.25) is 0 Å². The molecule has 26 heavy (non-hydrogen) atoms. The molecular formula is C20H27N5O. The third kappa shape index (κ3) is 3.49. The maximum Gasteiger partial charge on any atom is 0.322 e. The third-order valence-corrected chi connectivity index (χ3v) is 5.12. The van der Waals surface area contributed by atoms with Crippen molar-refractivity contribution in [3.63, 3.8) is 0 Å². The van der Waals surface area contributed by atoms with Crippen LogP contribution in [0.4, 0.5) is 16.3 Å². The zero-order valence-electron chi connectivity index (χ0n) is 16.3. The third-order valence-electron chi connectivity index (χ3n) is 5.12. The van der Waals surface area contributed by atoms with E-state index in [1.54, 1.807) is 0 Å². The number of hydrogen-bond donors (Lipinski definition) is 1. The highest BCUT2D eigenvalue weighted by Gasteiger charge is 2.26. The maximum atomic E-state index is 12.8. The summed E-state index contributed by atoms with van der Waals surface area (Å²) in [6, 6.07) is 5.89. The highest BCUT2D eigenvalue weighted by Crippen LogP contribution is 2.27. The lowest BCUT2D eigenvalue weighted by Gasteiger charge is -2.31. The van der Waals surface area contributed by atoms with Crippen LogP contribution in [0.5, 0.6) is 0 Å². The molecule has 0 saturated carbocycles. The summed E-state index contributed by atoms with van der Waals surface area (Å²) in [4.78, 5) is 26.0. The molecule has 3 rings (SSSR count). The first-order valence-electron chi connectivity index (χ1n) is 9.10. The van der Waals surface area contributed by atoms with Crippen LogP contribution in [0, 0.1) is 20.8 Å². The van der Waals surface area contributed by atoms with Gasteiger partial charge in [0.1, 0.15) is 11.6 Å². The quantitative estimate of drug-likeness (QED) is 0.918. The molecule has 0 unspecified atom stereocenters. The Hall–Kier alpha value is -2.63. The van der Waals surface area contributed by atoms with E-state index in [9.17, 15) is 4.79 Å². The van der Waals surface area contributed by atoms with Crippen LogP contribution in [-0.4, -0.2) is 41.0 Å². The van der Waals surface area contributed by atoms with Gasteiger partial charge in [0.15, 0.2) is 0 Å². The summed E-state index contributed by atoms with van der Waals surface area (Å²) in [7, 11) is 2.02. The highest BCUT2D eigenvalue weighted by atomic mass is 16.2. The second-order valence-electron chi connectivity index (χ2n) is 6.88. The van der Waals surface area contributed by atoms with E-state index in [4.69, 9.17) is 0 Å². The summed E-state index contributed by atoms with van der Waals surface area (Å²) in [5.41, 5.74) is 5.25.